The predicted octanol–water partition coefficient (Wildman–Crippen LogP) is 1.28. The zero-order chi connectivity index (χ0) is 14.5. The predicted molar refractivity (Wildman–Crippen MR) is 73.9 cm³/mol. The molecule has 0 unspecified atom stereocenters. The summed E-state index contributed by atoms with van der Waals surface area (Å²) in [6.07, 6.45) is 3.24. The maximum atomic E-state index is 10.8. The third kappa shape index (κ3) is 3.43. The van der Waals surface area contributed by atoms with Crippen LogP contribution in [0.2, 0.25) is 0 Å². The Bertz CT molecular complexity index is 473. The van der Waals surface area contributed by atoms with Crippen LogP contribution in [0.1, 0.15) is 18.4 Å². The molecule has 20 heavy (non-hydrogen) atoms. The molecular weight excluding hydrogens is 262 g/mol. The van der Waals surface area contributed by atoms with E-state index in [-0.39, 0.29) is 18.4 Å². The van der Waals surface area contributed by atoms with Crippen LogP contribution in [0, 0.1) is 17.0 Å². The summed E-state index contributed by atoms with van der Waals surface area (Å²) in [4.78, 5) is 16.6. The standard InChI is InChI=1S/C13H19N3O4/c1-10-8-13(14-9-12(10)16(18)19)15-4-2-11(3-5-15)20-7-6-17/h8-9,11,17H,2-7H2,1H3. The van der Waals surface area contributed by atoms with Gasteiger partial charge >= 0.3 is 0 Å². The molecule has 1 fully saturated rings. The normalized spacial score (nSPS) is 16.4. The third-order valence-electron chi connectivity index (χ3n) is 3.48. The molecule has 2 heterocycles. The molecule has 0 spiro atoms. The van der Waals surface area contributed by atoms with Gasteiger partial charge < -0.3 is 14.7 Å². The summed E-state index contributed by atoms with van der Waals surface area (Å²) in [6.45, 7) is 3.75. The summed E-state index contributed by atoms with van der Waals surface area (Å²) in [6, 6.07) is 1.76. The van der Waals surface area contributed by atoms with Gasteiger partial charge in [0, 0.05) is 18.7 Å². The van der Waals surface area contributed by atoms with Crippen molar-refractivity contribution in [1.29, 1.82) is 0 Å². The Balaban J connectivity index is 1.97. The highest BCUT2D eigenvalue weighted by Gasteiger charge is 2.22. The van der Waals surface area contributed by atoms with E-state index in [1.807, 2.05) is 0 Å². The van der Waals surface area contributed by atoms with Crippen molar-refractivity contribution in [3.8, 4) is 0 Å². The number of aryl methyl sites for hydroxylation is 1. The van der Waals surface area contributed by atoms with E-state index in [1.165, 1.54) is 6.20 Å². The Labute approximate surface area is 117 Å². The van der Waals surface area contributed by atoms with Crippen LogP contribution in [0.25, 0.3) is 0 Å². The van der Waals surface area contributed by atoms with E-state index in [9.17, 15) is 10.1 Å². The van der Waals surface area contributed by atoms with E-state index in [0.29, 0.717) is 12.2 Å². The van der Waals surface area contributed by atoms with Crippen LogP contribution >= 0.6 is 0 Å². The highest BCUT2D eigenvalue weighted by Crippen LogP contribution is 2.24. The number of ether oxygens (including phenoxy) is 1. The molecule has 0 bridgehead atoms. The second-order valence-corrected chi connectivity index (χ2v) is 4.87. The molecule has 1 saturated heterocycles. The van der Waals surface area contributed by atoms with Gasteiger partial charge in [0.1, 0.15) is 12.0 Å². The van der Waals surface area contributed by atoms with E-state index in [2.05, 4.69) is 9.88 Å². The summed E-state index contributed by atoms with van der Waals surface area (Å²) in [5, 5.41) is 19.5. The van der Waals surface area contributed by atoms with Crippen molar-refractivity contribution in [1.82, 2.24) is 4.98 Å². The van der Waals surface area contributed by atoms with E-state index >= 15 is 0 Å². The summed E-state index contributed by atoms with van der Waals surface area (Å²) in [5.41, 5.74) is 0.675. The largest absolute Gasteiger partial charge is 0.394 e. The topological polar surface area (TPSA) is 88.7 Å². The van der Waals surface area contributed by atoms with Crippen LogP contribution in [0.4, 0.5) is 11.5 Å². The summed E-state index contributed by atoms with van der Waals surface area (Å²) in [5.74, 6) is 0.772. The number of pyridine rings is 1. The fraction of sp³-hybridized carbons (Fsp3) is 0.615. The zero-order valence-corrected chi connectivity index (χ0v) is 11.5. The molecule has 1 aliphatic rings. The van der Waals surface area contributed by atoms with Gasteiger partial charge in [0.2, 0.25) is 0 Å². The van der Waals surface area contributed by atoms with Gasteiger partial charge in [-0.2, -0.15) is 0 Å². The van der Waals surface area contributed by atoms with Gasteiger partial charge in [-0.05, 0) is 25.8 Å². The number of nitro groups is 1. The van der Waals surface area contributed by atoms with Crippen LogP contribution in [-0.2, 0) is 4.74 Å². The van der Waals surface area contributed by atoms with Gasteiger partial charge in [-0.1, -0.05) is 0 Å². The zero-order valence-electron chi connectivity index (χ0n) is 11.5. The molecule has 2 rings (SSSR count). The van der Waals surface area contributed by atoms with Gasteiger partial charge in [0.25, 0.3) is 5.69 Å². The molecule has 0 aliphatic carbocycles. The Morgan fingerprint density at radius 1 is 1.55 bits per heavy atom. The van der Waals surface area contributed by atoms with Crippen molar-refractivity contribution in [3.63, 3.8) is 0 Å². The van der Waals surface area contributed by atoms with Crippen LogP contribution in [-0.4, -0.2) is 47.4 Å². The lowest BCUT2D eigenvalue weighted by Crippen LogP contribution is -2.37. The maximum Gasteiger partial charge on any atom is 0.290 e. The fourth-order valence-corrected chi connectivity index (χ4v) is 2.37. The Morgan fingerprint density at radius 3 is 2.80 bits per heavy atom. The molecule has 0 atom stereocenters. The van der Waals surface area contributed by atoms with Crippen molar-refractivity contribution in [3.05, 3.63) is 27.9 Å². The highest BCUT2D eigenvalue weighted by atomic mass is 16.6. The molecule has 7 nitrogen and oxygen atoms in total. The fourth-order valence-electron chi connectivity index (χ4n) is 2.37. The van der Waals surface area contributed by atoms with Gasteiger partial charge in [-0.3, -0.25) is 10.1 Å². The molecular formula is C13H19N3O4. The minimum Gasteiger partial charge on any atom is -0.394 e. The molecule has 1 N–H and O–H groups in total. The first-order valence-electron chi connectivity index (χ1n) is 6.70. The quantitative estimate of drug-likeness (QED) is 0.646. The van der Waals surface area contributed by atoms with Crippen molar-refractivity contribution >= 4 is 11.5 Å². The summed E-state index contributed by atoms with van der Waals surface area (Å²) < 4.78 is 5.50. The van der Waals surface area contributed by atoms with Crippen molar-refractivity contribution in [2.75, 3.05) is 31.2 Å². The molecule has 110 valence electrons. The number of piperidine rings is 1. The molecule has 0 aromatic carbocycles. The molecule has 0 radical (unpaired) electrons. The molecule has 0 saturated carbocycles. The number of hydrogen-bond acceptors (Lipinski definition) is 6. The number of aromatic nitrogens is 1. The van der Waals surface area contributed by atoms with Crippen molar-refractivity contribution in [2.45, 2.75) is 25.9 Å². The maximum absolute atomic E-state index is 10.8. The summed E-state index contributed by atoms with van der Waals surface area (Å²) in [7, 11) is 0. The highest BCUT2D eigenvalue weighted by molar-refractivity contribution is 5.48. The average molecular weight is 281 g/mol. The number of rotatable bonds is 5. The van der Waals surface area contributed by atoms with E-state index in [1.54, 1.807) is 13.0 Å². The molecule has 1 aromatic heterocycles. The van der Waals surface area contributed by atoms with E-state index in [0.717, 1.165) is 31.7 Å². The summed E-state index contributed by atoms with van der Waals surface area (Å²) >= 11 is 0. The number of nitrogens with zero attached hydrogens (tertiary/aromatic N) is 3. The lowest BCUT2D eigenvalue weighted by atomic mass is 10.1. The smallest absolute Gasteiger partial charge is 0.290 e. The monoisotopic (exact) mass is 281 g/mol. The average Bonchev–Trinajstić information content (AvgIpc) is 2.45. The van der Waals surface area contributed by atoms with Crippen molar-refractivity contribution < 1.29 is 14.8 Å². The van der Waals surface area contributed by atoms with Crippen LogP contribution < -0.4 is 4.90 Å². The molecule has 7 heteroatoms. The first kappa shape index (κ1) is 14.7. The van der Waals surface area contributed by atoms with Gasteiger partial charge in [0.15, 0.2) is 0 Å². The molecule has 0 amide bonds. The Morgan fingerprint density at radius 2 is 2.25 bits per heavy atom. The Hall–Kier alpha value is -1.73. The number of hydrogen-bond donors (Lipinski definition) is 1. The molecule has 1 aromatic rings. The second kappa shape index (κ2) is 6.62. The third-order valence-corrected chi connectivity index (χ3v) is 3.48. The van der Waals surface area contributed by atoms with Gasteiger partial charge in [-0.15, -0.1) is 0 Å². The van der Waals surface area contributed by atoms with Crippen molar-refractivity contribution in [2.24, 2.45) is 0 Å². The van der Waals surface area contributed by atoms with Crippen LogP contribution in [0.3, 0.4) is 0 Å². The van der Waals surface area contributed by atoms with Gasteiger partial charge in [0.05, 0.1) is 24.2 Å². The van der Waals surface area contributed by atoms with Crippen LogP contribution in [0.5, 0.6) is 0 Å². The minimum atomic E-state index is -0.416. The first-order valence-corrected chi connectivity index (χ1v) is 6.70. The second-order valence-electron chi connectivity index (χ2n) is 4.87. The number of anilines is 1. The van der Waals surface area contributed by atoms with Crippen LogP contribution in [0.15, 0.2) is 12.3 Å². The molecule has 1 aliphatic heterocycles. The number of aliphatic hydroxyl groups is 1. The van der Waals surface area contributed by atoms with E-state index < -0.39 is 4.92 Å². The van der Waals surface area contributed by atoms with E-state index in [4.69, 9.17) is 9.84 Å². The first-order chi connectivity index (χ1) is 9.61. The number of aliphatic hydroxyl groups excluding tert-OH is 1. The Kier molecular flexibility index (Phi) is 4.86. The minimum absolute atomic E-state index is 0.0450. The lowest BCUT2D eigenvalue weighted by molar-refractivity contribution is -0.385. The SMILES string of the molecule is Cc1cc(N2CCC(OCCO)CC2)ncc1[N+](=O)[O-]. The van der Waals surface area contributed by atoms with Gasteiger partial charge in [-0.25, -0.2) is 4.98 Å². The lowest BCUT2D eigenvalue weighted by Gasteiger charge is -2.32.